The van der Waals surface area contributed by atoms with Crippen LogP contribution >= 0.6 is 11.6 Å². The molecule has 1 heterocycles. The van der Waals surface area contributed by atoms with Gasteiger partial charge in [0.05, 0.1) is 50.1 Å². The van der Waals surface area contributed by atoms with E-state index in [0.29, 0.717) is 50.4 Å². The Kier molecular flexibility index (Phi) is 6.31. The van der Waals surface area contributed by atoms with Crippen molar-refractivity contribution in [1.82, 2.24) is 9.66 Å². The lowest BCUT2D eigenvalue weighted by molar-refractivity contribution is 0.311. The van der Waals surface area contributed by atoms with Crippen molar-refractivity contribution in [2.75, 3.05) is 27.9 Å². The number of methoxy groups -OCH3 is 3. The Morgan fingerprint density at radius 3 is 2.33 bits per heavy atom. The zero-order valence-corrected chi connectivity index (χ0v) is 17.6. The van der Waals surface area contributed by atoms with E-state index in [-0.39, 0.29) is 5.39 Å². The SMILES string of the molecule is CCOc1c(Cl)cc(/C=N/n2c(=O)[nH]c3cc(OC)c(OC)cc3c2=O)cc1OC. The van der Waals surface area contributed by atoms with E-state index in [4.69, 9.17) is 30.5 Å². The molecule has 0 saturated heterocycles. The van der Waals surface area contributed by atoms with Gasteiger partial charge in [-0.15, -0.1) is 4.68 Å². The average Bonchev–Trinajstić information content (AvgIpc) is 2.74. The fourth-order valence-electron chi connectivity index (χ4n) is 2.86. The first-order valence-electron chi connectivity index (χ1n) is 8.89. The van der Waals surface area contributed by atoms with Crippen molar-refractivity contribution in [1.29, 1.82) is 0 Å². The zero-order chi connectivity index (χ0) is 21.8. The molecule has 0 atom stereocenters. The second-order valence-corrected chi connectivity index (χ2v) is 6.42. The molecule has 0 aliphatic rings. The smallest absolute Gasteiger partial charge is 0.349 e. The monoisotopic (exact) mass is 433 g/mol. The van der Waals surface area contributed by atoms with Crippen LogP contribution in [0.3, 0.4) is 0 Å². The van der Waals surface area contributed by atoms with Gasteiger partial charge in [0.1, 0.15) is 0 Å². The lowest BCUT2D eigenvalue weighted by Crippen LogP contribution is -2.32. The van der Waals surface area contributed by atoms with Crippen LogP contribution in [-0.2, 0) is 0 Å². The predicted molar refractivity (Wildman–Crippen MR) is 114 cm³/mol. The second kappa shape index (κ2) is 8.91. The lowest BCUT2D eigenvalue weighted by Gasteiger charge is -2.11. The van der Waals surface area contributed by atoms with Crippen LogP contribution in [0.1, 0.15) is 12.5 Å². The van der Waals surface area contributed by atoms with Crippen LogP contribution in [0, 0.1) is 0 Å². The zero-order valence-electron chi connectivity index (χ0n) is 16.8. The Labute approximate surface area is 176 Å². The molecule has 0 aliphatic carbocycles. The Balaban J connectivity index is 2.10. The highest BCUT2D eigenvalue weighted by molar-refractivity contribution is 6.32. The minimum atomic E-state index is -0.708. The summed E-state index contributed by atoms with van der Waals surface area (Å²) in [6.07, 6.45) is 1.33. The molecule has 3 rings (SSSR count). The third-order valence-corrected chi connectivity index (χ3v) is 4.52. The molecule has 0 amide bonds. The molecule has 30 heavy (non-hydrogen) atoms. The van der Waals surface area contributed by atoms with E-state index in [2.05, 4.69) is 10.1 Å². The molecule has 0 spiro atoms. The molecule has 0 unspecified atom stereocenters. The summed E-state index contributed by atoms with van der Waals surface area (Å²) in [5, 5.41) is 4.55. The molecule has 9 nitrogen and oxygen atoms in total. The van der Waals surface area contributed by atoms with Gasteiger partial charge in [0.25, 0.3) is 5.56 Å². The molecule has 158 valence electrons. The average molecular weight is 434 g/mol. The van der Waals surface area contributed by atoms with Gasteiger partial charge in [-0.05, 0) is 30.7 Å². The number of nitrogens with zero attached hydrogens (tertiary/aromatic N) is 2. The van der Waals surface area contributed by atoms with Crippen LogP contribution in [0.2, 0.25) is 5.02 Å². The molecule has 0 fully saturated rings. The van der Waals surface area contributed by atoms with Gasteiger partial charge in [-0.3, -0.25) is 4.79 Å². The topological polar surface area (TPSA) is 104 Å². The molecule has 0 radical (unpaired) electrons. The van der Waals surface area contributed by atoms with Gasteiger partial charge < -0.3 is 23.9 Å². The number of aromatic nitrogens is 2. The highest BCUT2D eigenvalue weighted by Gasteiger charge is 2.13. The Morgan fingerprint density at radius 1 is 1.03 bits per heavy atom. The predicted octanol–water partition coefficient (Wildman–Crippen LogP) is 2.65. The number of halogens is 1. The minimum Gasteiger partial charge on any atom is -0.493 e. The van der Waals surface area contributed by atoms with E-state index in [9.17, 15) is 9.59 Å². The van der Waals surface area contributed by atoms with Crippen LogP contribution < -0.4 is 30.2 Å². The van der Waals surface area contributed by atoms with E-state index in [1.165, 1.54) is 39.7 Å². The standard InChI is InChI=1S/C20H20ClN3O6/c1-5-30-18-13(21)6-11(7-17(18)29-4)10-22-24-19(25)12-8-15(27-2)16(28-3)9-14(12)23-20(24)26/h6-10H,5H2,1-4H3,(H,23,26)/b22-10+. The number of ether oxygens (including phenoxy) is 4. The molecule has 2 aromatic carbocycles. The van der Waals surface area contributed by atoms with Crippen molar-refractivity contribution in [3.05, 3.63) is 55.7 Å². The van der Waals surface area contributed by atoms with Crippen molar-refractivity contribution in [3.8, 4) is 23.0 Å². The molecular formula is C20H20ClN3O6. The van der Waals surface area contributed by atoms with E-state index >= 15 is 0 Å². The summed E-state index contributed by atoms with van der Waals surface area (Å²) in [5.41, 5.74) is -0.506. The van der Waals surface area contributed by atoms with E-state index in [1.807, 2.05) is 6.92 Å². The highest BCUT2D eigenvalue weighted by Crippen LogP contribution is 2.36. The van der Waals surface area contributed by atoms with Crippen LogP contribution in [0.25, 0.3) is 10.9 Å². The number of rotatable bonds is 7. The second-order valence-electron chi connectivity index (χ2n) is 6.01. The summed E-state index contributed by atoms with van der Waals surface area (Å²) in [6, 6.07) is 6.22. The van der Waals surface area contributed by atoms with Crippen LogP contribution in [0.5, 0.6) is 23.0 Å². The van der Waals surface area contributed by atoms with Crippen molar-refractivity contribution in [3.63, 3.8) is 0 Å². The normalized spacial score (nSPS) is 11.1. The molecule has 0 aliphatic heterocycles. The fraction of sp³-hybridized carbons (Fsp3) is 0.250. The summed E-state index contributed by atoms with van der Waals surface area (Å²) in [4.78, 5) is 27.8. The summed E-state index contributed by atoms with van der Waals surface area (Å²) < 4.78 is 21.9. The Hall–Kier alpha value is -3.46. The van der Waals surface area contributed by atoms with Gasteiger partial charge in [-0.25, -0.2) is 4.79 Å². The Morgan fingerprint density at radius 2 is 1.70 bits per heavy atom. The van der Waals surface area contributed by atoms with E-state index in [0.717, 1.165) is 0 Å². The van der Waals surface area contributed by atoms with Gasteiger partial charge in [-0.2, -0.15) is 5.10 Å². The summed E-state index contributed by atoms with van der Waals surface area (Å²) in [7, 11) is 4.40. The van der Waals surface area contributed by atoms with Crippen molar-refractivity contribution in [2.24, 2.45) is 5.10 Å². The van der Waals surface area contributed by atoms with E-state index < -0.39 is 11.2 Å². The number of H-pyrrole nitrogens is 1. The first-order valence-corrected chi connectivity index (χ1v) is 9.27. The third kappa shape index (κ3) is 3.97. The van der Waals surface area contributed by atoms with Crippen molar-refractivity contribution >= 4 is 28.7 Å². The Bertz CT molecular complexity index is 1230. The number of aromatic amines is 1. The summed E-state index contributed by atoms with van der Waals surface area (Å²) in [5.74, 6) is 1.55. The van der Waals surface area contributed by atoms with Gasteiger partial charge >= 0.3 is 5.69 Å². The maximum Gasteiger partial charge on any atom is 0.349 e. The lowest BCUT2D eigenvalue weighted by atomic mass is 10.2. The fourth-order valence-corrected chi connectivity index (χ4v) is 3.14. The quantitative estimate of drug-likeness (QED) is 0.574. The van der Waals surface area contributed by atoms with Crippen LogP contribution in [0.15, 0.2) is 39.0 Å². The number of nitrogens with one attached hydrogen (secondary N) is 1. The third-order valence-electron chi connectivity index (χ3n) is 4.24. The maximum atomic E-state index is 12.8. The molecule has 1 aromatic heterocycles. The first-order chi connectivity index (χ1) is 14.4. The molecule has 1 N–H and O–H groups in total. The highest BCUT2D eigenvalue weighted by atomic mass is 35.5. The minimum absolute atomic E-state index is 0.215. The summed E-state index contributed by atoms with van der Waals surface area (Å²) >= 11 is 6.25. The van der Waals surface area contributed by atoms with Crippen molar-refractivity contribution in [2.45, 2.75) is 6.92 Å². The van der Waals surface area contributed by atoms with Gasteiger partial charge in [-0.1, -0.05) is 11.6 Å². The maximum absolute atomic E-state index is 12.8. The van der Waals surface area contributed by atoms with Crippen LogP contribution in [-0.4, -0.2) is 43.8 Å². The van der Waals surface area contributed by atoms with E-state index in [1.54, 1.807) is 12.1 Å². The number of fused-ring (bicyclic) bond motifs is 1. The van der Waals surface area contributed by atoms with Gasteiger partial charge in [0.15, 0.2) is 23.0 Å². The number of hydrogen-bond acceptors (Lipinski definition) is 7. The van der Waals surface area contributed by atoms with Crippen LogP contribution in [0.4, 0.5) is 0 Å². The molecular weight excluding hydrogens is 414 g/mol. The van der Waals surface area contributed by atoms with Gasteiger partial charge in [0.2, 0.25) is 0 Å². The molecule has 3 aromatic rings. The largest absolute Gasteiger partial charge is 0.493 e. The molecule has 0 bridgehead atoms. The molecule has 0 saturated carbocycles. The summed E-state index contributed by atoms with van der Waals surface area (Å²) in [6.45, 7) is 2.24. The van der Waals surface area contributed by atoms with Gasteiger partial charge in [0, 0.05) is 6.07 Å². The number of hydrogen-bond donors (Lipinski definition) is 1. The van der Waals surface area contributed by atoms with Crippen molar-refractivity contribution < 1.29 is 18.9 Å². The first kappa shape index (κ1) is 21.3. The number of benzene rings is 2. The molecule has 10 heteroatoms.